The Hall–Kier alpha value is -2.44. The van der Waals surface area contributed by atoms with Crippen molar-refractivity contribution < 1.29 is 14.3 Å². The number of ether oxygens (including phenoxy) is 2. The lowest BCUT2D eigenvalue weighted by Gasteiger charge is -2.37. The van der Waals surface area contributed by atoms with E-state index in [0.29, 0.717) is 36.8 Å². The van der Waals surface area contributed by atoms with Gasteiger partial charge in [-0.1, -0.05) is 24.3 Å². The lowest BCUT2D eigenvalue weighted by molar-refractivity contribution is -0.143. The molecule has 0 radical (unpaired) electrons. The molecular formula is C30H39N3O3. The van der Waals surface area contributed by atoms with Gasteiger partial charge < -0.3 is 19.3 Å². The number of hydrogen-bond acceptors (Lipinski definition) is 5. The average molecular weight is 490 g/mol. The zero-order chi connectivity index (χ0) is 24.7. The fourth-order valence-electron chi connectivity index (χ4n) is 7.60. The second-order valence-corrected chi connectivity index (χ2v) is 11.6. The quantitative estimate of drug-likeness (QED) is 0.629. The van der Waals surface area contributed by atoms with Gasteiger partial charge in [-0.2, -0.15) is 0 Å². The Labute approximate surface area is 215 Å². The third-order valence-corrected chi connectivity index (χ3v) is 9.36. The van der Waals surface area contributed by atoms with E-state index in [1.54, 1.807) is 0 Å². The number of carbonyl (C=O) groups excluding carboxylic acids is 1. The van der Waals surface area contributed by atoms with E-state index in [9.17, 15) is 4.79 Å². The summed E-state index contributed by atoms with van der Waals surface area (Å²) in [4.78, 5) is 23.7. The van der Waals surface area contributed by atoms with E-state index in [0.717, 1.165) is 64.0 Å². The Balaban J connectivity index is 1.25. The van der Waals surface area contributed by atoms with Gasteiger partial charge >= 0.3 is 0 Å². The fraction of sp³-hybridized carbons (Fsp3) is 0.600. The van der Waals surface area contributed by atoms with Gasteiger partial charge in [0.1, 0.15) is 0 Å². The van der Waals surface area contributed by atoms with Crippen LogP contribution >= 0.6 is 0 Å². The van der Waals surface area contributed by atoms with Gasteiger partial charge in [0.05, 0.1) is 18.1 Å². The minimum absolute atomic E-state index is 0.181. The van der Waals surface area contributed by atoms with Crippen LogP contribution in [-0.2, 0) is 27.2 Å². The molecule has 1 aromatic carbocycles. The summed E-state index contributed by atoms with van der Waals surface area (Å²) in [7, 11) is 1.81. The molecule has 3 aliphatic heterocycles. The number of rotatable bonds is 5. The van der Waals surface area contributed by atoms with E-state index in [2.05, 4.69) is 58.1 Å². The molecule has 4 heterocycles. The lowest BCUT2D eigenvalue weighted by atomic mass is 9.78. The van der Waals surface area contributed by atoms with Gasteiger partial charge in [0.2, 0.25) is 5.91 Å². The summed E-state index contributed by atoms with van der Waals surface area (Å²) in [5, 5.41) is 0. The molecule has 0 spiro atoms. The van der Waals surface area contributed by atoms with E-state index in [1.807, 2.05) is 13.3 Å². The Bertz CT molecular complexity index is 1090. The molecule has 0 N–H and O–H groups in total. The first-order chi connectivity index (χ1) is 17.6. The number of hydrogen-bond donors (Lipinski definition) is 0. The highest BCUT2D eigenvalue weighted by Crippen LogP contribution is 2.55. The topological polar surface area (TPSA) is 54.9 Å². The number of amides is 1. The molecule has 0 bridgehead atoms. The van der Waals surface area contributed by atoms with E-state index in [-0.39, 0.29) is 11.5 Å². The predicted octanol–water partition coefficient (Wildman–Crippen LogP) is 4.25. The van der Waals surface area contributed by atoms with Gasteiger partial charge in [0, 0.05) is 63.9 Å². The van der Waals surface area contributed by atoms with Crippen LogP contribution < -0.4 is 4.90 Å². The van der Waals surface area contributed by atoms with Crippen molar-refractivity contribution in [3.63, 3.8) is 0 Å². The first kappa shape index (κ1) is 23.9. The third kappa shape index (κ3) is 4.32. The normalized spacial score (nSPS) is 31.8. The number of anilines is 1. The number of aromatic nitrogens is 1. The number of para-hydroxylation sites is 1. The maximum Gasteiger partial charge on any atom is 0.231 e. The Morgan fingerprint density at radius 2 is 2.14 bits per heavy atom. The van der Waals surface area contributed by atoms with Gasteiger partial charge in [-0.3, -0.25) is 9.78 Å². The van der Waals surface area contributed by atoms with Gasteiger partial charge in [0.25, 0.3) is 0 Å². The standard InChI is InChI=1S/C30H39N3O3/c1-21-12-24-17-32(10-8-27(24)31-16-21)29(34)30-15-22(13-23-9-11-36-19-28(23)35-2)14-25(30)18-33(20-30)26-6-4-3-5-7-26/h3-7,12,16,22-23,25,28H,8-11,13-15,17-20H2,1-2H3/t22-,23?,25+,28?,30+/m1/s1. The molecule has 2 saturated heterocycles. The Morgan fingerprint density at radius 1 is 1.28 bits per heavy atom. The first-order valence-corrected chi connectivity index (χ1v) is 13.7. The van der Waals surface area contributed by atoms with Gasteiger partial charge in [-0.05, 0) is 73.6 Å². The Kier molecular flexibility index (Phi) is 6.51. The Morgan fingerprint density at radius 3 is 2.97 bits per heavy atom. The number of methoxy groups -OCH3 is 1. The highest BCUT2D eigenvalue weighted by Gasteiger charge is 2.59. The summed E-state index contributed by atoms with van der Waals surface area (Å²) in [6.45, 7) is 6.88. The van der Waals surface area contributed by atoms with E-state index in [4.69, 9.17) is 9.47 Å². The summed E-state index contributed by atoms with van der Waals surface area (Å²) in [6, 6.07) is 12.9. The molecule has 192 valence electrons. The summed E-state index contributed by atoms with van der Waals surface area (Å²) in [6.07, 6.45) is 7.31. The van der Waals surface area contributed by atoms with Crippen molar-refractivity contribution in [1.82, 2.24) is 9.88 Å². The molecule has 1 saturated carbocycles. The van der Waals surface area contributed by atoms with Crippen molar-refractivity contribution in [2.75, 3.05) is 44.9 Å². The molecule has 1 amide bonds. The number of carbonyl (C=O) groups is 1. The summed E-state index contributed by atoms with van der Waals surface area (Å²) >= 11 is 0. The lowest BCUT2D eigenvalue weighted by Crippen LogP contribution is -2.48. The summed E-state index contributed by atoms with van der Waals surface area (Å²) in [5.41, 5.74) is 4.48. The smallest absolute Gasteiger partial charge is 0.231 e. The van der Waals surface area contributed by atoms with Crippen LogP contribution in [0.4, 0.5) is 5.69 Å². The molecule has 1 aliphatic carbocycles. The highest BCUT2D eigenvalue weighted by atomic mass is 16.5. The van der Waals surface area contributed by atoms with Gasteiger partial charge in [0.15, 0.2) is 0 Å². The zero-order valence-electron chi connectivity index (χ0n) is 21.7. The van der Waals surface area contributed by atoms with E-state index >= 15 is 0 Å². The average Bonchev–Trinajstić information content (AvgIpc) is 3.43. The number of pyridine rings is 1. The zero-order valence-corrected chi connectivity index (χ0v) is 21.7. The minimum Gasteiger partial charge on any atom is -0.379 e. The summed E-state index contributed by atoms with van der Waals surface area (Å²) < 4.78 is 11.5. The van der Waals surface area contributed by atoms with Crippen molar-refractivity contribution in [1.29, 1.82) is 0 Å². The number of benzene rings is 1. The minimum atomic E-state index is -0.303. The molecule has 6 rings (SSSR count). The van der Waals surface area contributed by atoms with Crippen LogP contribution in [0.25, 0.3) is 0 Å². The molecule has 4 aliphatic rings. The second kappa shape index (κ2) is 9.79. The number of nitrogens with zero attached hydrogens (tertiary/aromatic N) is 3. The molecular weight excluding hydrogens is 450 g/mol. The van der Waals surface area contributed by atoms with Crippen LogP contribution in [0, 0.1) is 30.1 Å². The van der Waals surface area contributed by atoms with Crippen LogP contribution in [0.15, 0.2) is 42.6 Å². The number of fused-ring (bicyclic) bond motifs is 2. The molecule has 2 unspecified atom stereocenters. The van der Waals surface area contributed by atoms with E-state index < -0.39 is 0 Å². The van der Waals surface area contributed by atoms with Crippen molar-refractivity contribution in [2.24, 2.45) is 23.2 Å². The predicted molar refractivity (Wildman–Crippen MR) is 140 cm³/mol. The second-order valence-electron chi connectivity index (χ2n) is 11.6. The first-order valence-electron chi connectivity index (χ1n) is 13.7. The molecule has 6 heteroatoms. The van der Waals surface area contributed by atoms with Crippen LogP contribution in [0.3, 0.4) is 0 Å². The van der Waals surface area contributed by atoms with Crippen molar-refractivity contribution in [3.05, 3.63) is 59.4 Å². The van der Waals surface area contributed by atoms with E-state index in [1.165, 1.54) is 16.8 Å². The molecule has 2 aromatic rings. The third-order valence-electron chi connectivity index (χ3n) is 9.36. The highest BCUT2D eigenvalue weighted by molar-refractivity contribution is 5.85. The monoisotopic (exact) mass is 489 g/mol. The SMILES string of the molecule is COC1COCCC1C[C@@H]1C[C@H]2CN(c3ccccc3)C[C@@]2(C(=O)N2CCc3ncc(C)cc3C2)C1. The van der Waals surface area contributed by atoms with Crippen molar-refractivity contribution >= 4 is 11.6 Å². The molecule has 1 aromatic heterocycles. The van der Waals surface area contributed by atoms with Crippen LogP contribution in [0.1, 0.15) is 42.5 Å². The van der Waals surface area contributed by atoms with Crippen molar-refractivity contribution in [3.8, 4) is 0 Å². The van der Waals surface area contributed by atoms with Crippen LogP contribution in [-0.4, -0.2) is 61.9 Å². The number of aryl methyl sites for hydroxylation is 1. The largest absolute Gasteiger partial charge is 0.379 e. The maximum atomic E-state index is 14.5. The fourth-order valence-corrected chi connectivity index (χ4v) is 7.60. The van der Waals surface area contributed by atoms with Gasteiger partial charge in [-0.25, -0.2) is 0 Å². The molecule has 3 fully saturated rings. The maximum absolute atomic E-state index is 14.5. The molecule has 5 atom stereocenters. The van der Waals surface area contributed by atoms with Gasteiger partial charge in [-0.15, -0.1) is 0 Å². The molecule has 6 nitrogen and oxygen atoms in total. The van der Waals surface area contributed by atoms with Crippen LogP contribution in [0.5, 0.6) is 0 Å². The van der Waals surface area contributed by atoms with Crippen molar-refractivity contribution in [2.45, 2.75) is 51.7 Å². The van der Waals surface area contributed by atoms with Crippen LogP contribution in [0.2, 0.25) is 0 Å². The molecule has 36 heavy (non-hydrogen) atoms. The summed E-state index contributed by atoms with van der Waals surface area (Å²) in [5.74, 6) is 1.86.